The van der Waals surface area contributed by atoms with Gasteiger partial charge in [-0.2, -0.15) is 9.65 Å². The van der Waals surface area contributed by atoms with Crippen LogP contribution in [0.2, 0.25) is 0 Å². The molecule has 0 spiro atoms. The Morgan fingerprint density at radius 2 is 1.42 bits per heavy atom. The van der Waals surface area contributed by atoms with Crippen molar-refractivity contribution in [1.82, 2.24) is 0 Å². The van der Waals surface area contributed by atoms with E-state index in [0.29, 0.717) is 5.92 Å². The predicted octanol–water partition coefficient (Wildman–Crippen LogP) is 6.89. The molecule has 0 amide bonds. The van der Waals surface area contributed by atoms with E-state index >= 15 is 0 Å². The molecule has 132 valence electrons. The van der Waals surface area contributed by atoms with Crippen LogP contribution in [0.1, 0.15) is 71.1 Å². The molecule has 0 aromatic carbocycles. The number of halogens is 1. The van der Waals surface area contributed by atoms with E-state index in [4.69, 9.17) is 5.26 Å². The molecule has 24 heavy (non-hydrogen) atoms. The molecule has 0 radical (unpaired) electrons. The van der Waals surface area contributed by atoms with Crippen molar-refractivity contribution in [2.45, 2.75) is 71.1 Å². The second-order valence-corrected chi connectivity index (χ2v) is 7.64. The first-order valence-corrected chi connectivity index (χ1v) is 9.83. The van der Waals surface area contributed by atoms with Crippen LogP contribution in [0.5, 0.6) is 0 Å². The lowest BCUT2D eigenvalue weighted by Crippen LogP contribution is -2.14. The Morgan fingerprint density at radius 3 is 1.92 bits per heavy atom. The van der Waals surface area contributed by atoms with Crippen LogP contribution in [0, 0.1) is 35.0 Å². The number of hydrogen-bond acceptors (Lipinski definition) is 1. The van der Waals surface area contributed by atoms with Gasteiger partial charge in [0, 0.05) is 0 Å². The highest BCUT2D eigenvalue weighted by atomic mass is 19.1. The summed E-state index contributed by atoms with van der Waals surface area (Å²) in [7, 11) is 0. The Morgan fingerprint density at radius 1 is 0.917 bits per heavy atom. The molecule has 2 fully saturated rings. The van der Waals surface area contributed by atoms with Crippen molar-refractivity contribution >= 4 is 0 Å². The molecule has 2 aliphatic rings. The van der Waals surface area contributed by atoms with Crippen LogP contribution in [0.4, 0.5) is 4.39 Å². The van der Waals surface area contributed by atoms with Crippen LogP contribution >= 0.6 is 0 Å². The van der Waals surface area contributed by atoms with Gasteiger partial charge < -0.3 is 0 Å². The summed E-state index contributed by atoms with van der Waals surface area (Å²) < 4.78 is 12.7. The Hall–Kier alpha value is -1.36. The van der Waals surface area contributed by atoms with Crippen LogP contribution in [0.25, 0.3) is 0 Å². The van der Waals surface area contributed by atoms with E-state index in [9.17, 15) is 4.39 Å². The van der Waals surface area contributed by atoms with Gasteiger partial charge in [-0.05, 0) is 81.1 Å². The van der Waals surface area contributed by atoms with Gasteiger partial charge >= 0.3 is 0 Å². The first-order chi connectivity index (χ1) is 11.7. The minimum Gasteiger partial charge on any atom is -0.195 e. The fourth-order valence-electron chi connectivity index (χ4n) is 4.26. The highest BCUT2D eigenvalue weighted by molar-refractivity contribution is 5.19. The molecule has 0 N–H and O–H groups in total. The predicted molar refractivity (Wildman–Crippen MR) is 98.9 cm³/mol. The fraction of sp³-hybridized carbons (Fsp3) is 0.682. The SMILES string of the molecule is CCC[C@H]1CC[C@H](/C=C/C2CCC(C=CC=C(F)C#N)CC2)CC1. The number of hydrogen-bond donors (Lipinski definition) is 0. The van der Waals surface area contributed by atoms with Crippen LogP contribution in [-0.2, 0) is 0 Å². The zero-order valence-corrected chi connectivity index (χ0v) is 15.1. The third-order valence-corrected chi connectivity index (χ3v) is 5.79. The van der Waals surface area contributed by atoms with Gasteiger partial charge in [0.05, 0.1) is 0 Å². The molecule has 0 aromatic heterocycles. The standard InChI is InChI=1S/C22H32FN/c1-2-4-18-7-11-20(12-8-18)15-16-21-13-9-19(10-14-21)5-3-6-22(23)17-24/h3,5-6,15-16,18-21H,2,4,7-14H2,1H3/b5-3?,16-15+,22-6?/t18-,19?,20-,21?. The largest absolute Gasteiger partial charge is 0.199 e. The first-order valence-electron chi connectivity index (χ1n) is 9.83. The zero-order chi connectivity index (χ0) is 17.2. The second-order valence-electron chi connectivity index (χ2n) is 7.64. The van der Waals surface area contributed by atoms with Crippen molar-refractivity contribution < 1.29 is 4.39 Å². The van der Waals surface area contributed by atoms with Crippen molar-refractivity contribution in [3.8, 4) is 6.07 Å². The Kier molecular flexibility index (Phi) is 8.29. The van der Waals surface area contributed by atoms with E-state index in [2.05, 4.69) is 25.2 Å². The van der Waals surface area contributed by atoms with Crippen molar-refractivity contribution in [1.29, 1.82) is 5.26 Å². The van der Waals surface area contributed by atoms with E-state index in [1.165, 1.54) is 76.4 Å². The molecule has 2 rings (SSSR count). The van der Waals surface area contributed by atoms with Crippen molar-refractivity contribution in [2.75, 3.05) is 0 Å². The molecule has 0 saturated heterocycles. The lowest BCUT2D eigenvalue weighted by molar-refractivity contribution is 0.292. The van der Waals surface area contributed by atoms with Gasteiger partial charge in [-0.3, -0.25) is 0 Å². The number of rotatable bonds is 6. The molecule has 0 heterocycles. The van der Waals surface area contributed by atoms with E-state index < -0.39 is 5.83 Å². The van der Waals surface area contributed by atoms with Gasteiger partial charge in [0.25, 0.3) is 0 Å². The average molecular weight is 330 g/mol. The lowest BCUT2D eigenvalue weighted by Gasteiger charge is -2.28. The summed E-state index contributed by atoms with van der Waals surface area (Å²) in [6.45, 7) is 2.30. The Balaban J connectivity index is 1.67. The normalized spacial score (nSPS) is 32.3. The molecule has 2 saturated carbocycles. The topological polar surface area (TPSA) is 23.8 Å². The molecule has 0 atom stereocenters. The third-order valence-electron chi connectivity index (χ3n) is 5.79. The maximum Gasteiger partial charge on any atom is 0.199 e. The molecular formula is C22H32FN. The smallest absolute Gasteiger partial charge is 0.195 e. The number of nitrogens with zero attached hydrogens (tertiary/aromatic N) is 1. The highest BCUT2D eigenvalue weighted by Crippen LogP contribution is 2.34. The zero-order valence-electron chi connectivity index (χ0n) is 15.1. The summed E-state index contributed by atoms with van der Waals surface area (Å²) in [5, 5.41) is 8.38. The molecule has 0 unspecified atom stereocenters. The van der Waals surface area contributed by atoms with E-state index in [-0.39, 0.29) is 0 Å². The third kappa shape index (κ3) is 6.63. The van der Waals surface area contributed by atoms with Crippen LogP contribution in [0.15, 0.2) is 36.2 Å². The van der Waals surface area contributed by atoms with E-state index in [1.54, 1.807) is 6.08 Å². The molecule has 2 aliphatic carbocycles. The Labute approximate surface area is 147 Å². The van der Waals surface area contributed by atoms with Crippen LogP contribution in [-0.4, -0.2) is 0 Å². The minimum absolute atomic E-state index is 0.543. The summed E-state index contributed by atoms with van der Waals surface area (Å²) in [5.41, 5.74) is 0. The quantitative estimate of drug-likeness (QED) is 0.296. The summed E-state index contributed by atoms with van der Waals surface area (Å²) in [5.74, 6) is 2.37. The van der Waals surface area contributed by atoms with Crippen LogP contribution in [0.3, 0.4) is 0 Å². The van der Waals surface area contributed by atoms with Gasteiger partial charge in [0.1, 0.15) is 6.07 Å². The van der Waals surface area contributed by atoms with Crippen molar-refractivity contribution in [3.05, 3.63) is 36.2 Å². The average Bonchev–Trinajstić information content (AvgIpc) is 2.62. The molecular weight excluding hydrogens is 297 g/mol. The summed E-state index contributed by atoms with van der Waals surface area (Å²) in [6.07, 6.45) is 23.2. The van der Waals surface area contributed by atoms with Gasteiger partial charge in [-0.15, -0.1) is 0 Å². The lowest BCUT2D eigenvalue weighted by atomic mass is 9.78. The minimum atomic E-state index is -0.712. The molecule has 0 aliphatic heterocycles. The first kappa shape index (κ1) is 19.0. The van der Waals surface area contributed by atoms with E-state index in [0.717, 1.165) is 17.8 Å². The second kappa shape index (κ2) is 10.5. The van der Waals surface area contributed by atoms with E-state index in [1.807, 2.05) is 0 Å². The van der Waals surface area contributed by atoms with Crippen LogP contribution < -0.4 is 0 Å². The number of allylic oxidation sites excluding steroid dienone is 6. The maximum atomic E-state index is 12.7. The molecule has 0 aromatic rings. The molecule has 2 heteroatoms. The number of nitriles is 1. The van der Waals surface area contributed by atoms with Crippen molar-refractivity contribution in [3.63, 3.8) is 0 Å². The summed E-state index contributed by atoms with van der Waals surface area (Å²) in [4.78, 5) is 0. The van der Waals surface area contributed by atoms with Gasteiger partial charge in [-0.1, -0.05) is 44.1 Å². The van der Waals surface area contributed by atoms with Crippen molar-refractivity contribution in [2.24, 2.45) is 23.7 Å². The Bertz CT molecular complexity index is 481. The highest BCUT2D eigenvalue weighted by Gasteiger charge is 2.20. The molecule has 0 bridgehead atoms. The maximum absolute atomic E-state index is 12.7. The van der Waals surface area contributed by atoms with Gasteiger partial charge in [0.15, 0.2) is 5.83 Å². The monoisotopic (exact) mass is 329 g/mol. The molecule has 1 nitrogen and oxygen atoms in total. The summed E-state index contributed by atoms with van der Waals surface area (Å²) >= 11 is 0. The fourth-order valence-corrected chi connectivity index (χ4v) is 4.26. The van der Waals surface area contributed by atoms with Gasteiger partial charge in [0.2, 0.25) is 0 Å². The summed E-state index contributed by atoms with van der Waals surface area (Å²) in [6, 6.07) is 1.50. The van der Waals surface area contributed by atoms with Gasteiger partial charge in [-0.25, -0.2) is 0 Å².